The number of hydrogen-bond donors (Lipinski definition) is 0. The van der Waals surface area contributed by atoms with Crippen molar-refractivity contribution in [3.63, 3.8) is 0 Å². The molecule has 3 heteroatoms. The first-order valence-electron chi connectivity index (χ1n) is 7.31. The molecule has 1 unspecified atom stereocenters. The van der Waals surface area contributed by atoms with Crippen LogP contribution < -0.4 is 4.46 Å². The van der Waals surface area contributed by atoms with E-state index in [9.17, 15) is 4.79 Å². The summed E-state index contributed by atoms with van der Waals surface area (Å²) in [6.45, 7) is 4.17. The van der Waals surface area contributed by atoms with Gasteiger partial charge in [0.15, 0.2) is 0 Å². The molecule has 1 amide bonds. The Morgan fingerprint density at radius 3 is 2.74 bits per heavy atom. The van der Waals surface area contributed by atoms with E-state index in [0.717, 1.165) is 19.5 Å². The third-order valence-corrected chi connectivity index (χ3v) is 6.21. The van der Waals surface area contributed by atoms with Crippen LogP contribution in [0.1, 0.15) is 39.0 Å². The Bertz CT molecular complexity index is 393. The van der Waals surface area contributed by atoms with Crippen molar-refractivity contribution in [2.24, 2.45) is 0 Å². The number of rotatable bonds is 7. The number of hydrogen-bond acceptors (Lipinski definition) is 1. The van der Waals surface area contributed by atoms with Gasteiger partial charge in [0, 0.05) is 0 Å². The molecule has 1 heterocycles. The molecule has 0 N–H and O–H groups in total. The molecule has 1 aromatic rings. The van der Waals surface area contributed by atoms with E-state index in [4.69, 9.17) is 0 Å². The summed E-state index contributed by atoms with van der Waals surface area (Å²) in [4.78, 5) is 14.7. The second-order valence-corrected chi connectivity index (χ2v) is 7.77. The van der Waals surface area contributed by atoms with Crippen LogP contribution in [0.3, 0.4) is 0 Å². The molecule has 0 aromatic heterocycles. The predicted molar refractivity (Wildman–Crippen MR) is 80.9 cm³/mol. The van der Waals surface area contributed by atoms with Gasteiger partial charge in [-0.05, 0) is 0 Å². The van der Waals surface area contributed by atoms with Crippen LogP contribution >= 0.6 is 0 Å². The zero-order valence-corrected chi connectivity index (χ0v) is 13.4. The summed E-state index contributed by atoms with van der Waals surface area (Å²) in [5.74, 6) is 0.403. The van der Waals surface area contributed by atoms with Gasteiger partial charge in [0.05, 0.1) is 0 Å². The molecule has 0 saturated carbocycles. The Labute approximate surface area is 122 Å². The summed E-state index contributed by atoms with van der Waals surface area (Å²) in [6.07, 6.45) is 6.04. The van der Waals surface area contributed by atoms with Gasteiger partial charge >= 0.3 is 122 Å². The Hall–Kier alpha value is -0.791. The van der Waals surface area contributed by atoms with Crippen molar-refractivity contribution in [1.82, 2.24) is 4.90 Å². The average molecular weight is 324 g/mol. The predicted octanol–water partition coefficient (Wildman–Crippen LogP) is 2.62. The van der Waals surface area contributed by atoms with Crippen molar-refractivity contribution < 1.29 is 4.79 Å². The number of carbonyl (C=O) groups excluding carboxylic acids is 1. The van der Waals surface area contributed by atoms with E-state index in [1.165, 1.54) is 30.1 Å². The molecule has 1 aliphatic rings. The molecular weight excluding hydrogens is 301 g/mol. The fourth-order valence-electron chi connectivity index (χ4n) is 2.43. The third kappa shape index (κ3) is 4.36. The topological polar surface area (TPSA) is 20.3 Å². The van der Waals surface area contributed by atoms with Gasteiger partial charge in [0.2, 0.25) is 0 Å². The van der Waals surface area contributed by atoms with Crippen LogP contribution in [-0.2, 0) is 4.79 Å². The number of amides is 1. The molecule has 104 valence electrons. The quantitative estimate of drug-likeness (QED) is 0.558. The summed E-state index contributed by atoms with van der Waals surface area (Å²) >= 11 is 0.302. The molecule has 1 aromatic carbocycles. The minimum absolute atomic E-state index is 0.279. The summed E-state index contributed by atoms with van der Waals surface area (Å²) in [5, 5.41) is 0. The molecule has 1 saturated heterocycles. The molecule has 19 heavy (non-hydrogen) atoms. The zero-order chi connectivity index (χ0) is 13.5. The Kier molecular flexibility index (Phi) is 5.93. The second-order valence-electron chi connectivity index (χ2n) is 5.09. The van der Waals surface area contributed by atoms with Crippen molar-refractivity contribution in [3.05, 3.63) is 30.3 Å². The van der Waals surface area contributed by atoms with E-state index in [1.54, 1.807) is 0 Å². The van der Waals surface area contributed by atoms with Gasteiger partial charge in [0.25, 0.3) is 0 Å². The van der Waals surface area contributed by atoms with Crippen molar-refractivity contribution in [2.45, 2.75) is 43.8 Å². The van der Waals surface area contributed by atoms with E-state index in [1.807, 2.05) is 6.07 Å². The molecule has 2 nitrogen and oxygen atoms in total. The zero-order valence-electron chi connectivity index (χ0n) is 11.7. The van der Waals surface area contributed by atoms with E-state index >= 15 is 0 Å². The molecular formula is C16H23NOSe. The first kappa shape index (κ1) is 14.6. The summed E-state index contributed by atoms with van der Waals surface area (Å²) in [6, 6.07) is 10.5. The maximum atomic E-state index is 12.3. The summed E-state index contributed by atoms with van der Waals surface area (Å²) < 4.78 is 1.35. The van der Waals surface area contributed by atoms with Crippen molar-refractivity contribution in [1.29, 1.82) is 0 Å². The van der Waals surface area contributed by atoms with Gasteiger partial charge in [-0.3, -0.25) is 0 Å². The average Bonchev–Trinajstić information content (AvgIpc) is 2.78. The first-order chi connectivity index (χ1) is 9.31. The van der Waals surface area contributed by atoms with Gasteiger partial charge in [-0.1, -0.05) is 0 Å². The van der Waals surface area contributed by atoms with Crippen molar-refractivity contribution >= 4 is 25.3 Å². The fraction of sp³-hybridized carbons (Fsp3) is 0.562. The monoisotopic (exact) mass is 325 g/mol. The Morgan fingerprint density at radius 2 is 2.00 bits per heavy atom. The van der Waals surface area contributed by atoms with Gasteiger partial charge < -0.3 is 0 Å². The van der Waals surface area contributed by atoms with E-state index in [0.29, 0.717) is 20.9 Å². The van der Waals surface area contributed by atoms with Crippen LogP contribution in [0.5, 0.6) is 0 Å². The van der Waals surface area contributed by atoms with Crippen molar-refractivity contribution in [3.8, 4) is 0 Å². The Morgan fingerprint density at radius 1 is 1.21 bits per heavy atom. The molecule has 1 aliphatic heterocycles. The van der Waals surface area contributed by atoms with E-state index < -0.39 is 0 Å². The normalized spacial score (nSPS) is 19.1. The number of benzene rings is 1. The standard InChI is InChI=1S/C16H23NOSe/c1-2-3-4-8-12-17-13-11-15(16(17)18)19-14-9-6-5-7-10-14/h5-7,9-10,15H,2-4,8,11-13H2,1H3. The molecule has 1 atom stereocenters. The van der Waals surface area contributed by atoms with Gasteiger partial charge in [-0.15, -0.1) is 0 Å². The van der Waals surface area contributed by atoms with Gasteiger partial charge in [-0.2, -0.15) is 0 Å². The van der Waals surface area contributed by atoms with E-state index in [-0.39, 0.29) is 4.82 Å². The SMILES string of the molecule is CCCCCCN1CCC([Se]c2ccccc2)C1=O. The number of nitrogens with zero attached hydrogens (tertiary/aromatic N) is 1. The maximum absolute atomic E-state index is 12.3. The summed E-state index contributed by atoms with van der Waals surface area (Å²) in [7, 11) is 0. The molecule has 0 spiro atoms. The molecule has 1 fully saturated rings. The van der Waals surface area contributed by atoms with Crippen LogP contribution in [-0.4, -0.2) is 38.9 Å². The van der Waals surface area contributed by atoms with Gasteiger partial charge in [0.1, 0.15) is 0 Å². The van der Waals surface area contributed by atoms with E-state index in [2.05, 4.69) is 36.1 Å². The van der Waals surface area contributed by atoms with Crippen LogP contribution in [0.15, 0.2) is 30.3 Å². The number of carbonyl (C=O) groups is 1. The van der Waals surface area contributed by atoms with Crippen LogP contribution in [0.2, 0.25) is 4.82 Å². The first-order valence-corrected chi connectivity index (χ1v) is 9.16. The summed E-state index contributed by atoms with van der Waals surface area (Å²) in [5.41, 5.74) is 0. The van der Waals surface area contributed by atoms with Crippen LogP contribution in [0, 0.1) is 0 Å². The number of unbranched alkanes of at least 4 members (excludes halogenated alkanes) is 3. The number of likely N-dealkylation sites (tertiary alicyclic amines) is 1. The molecule has 0 bridgehead atoms. The minimum atomic E-state index is 0.279. The third-order valence-electron chi connectivity index (χ3n) is 3.55. The van der Waals surface area contributed by atoms with Crippen molar-refractivity contribution in [2.75, 3.05) is 13.1 Å². The van der Waals surface area contributed by atoms with Gasteiger partial charge in [-0.25, -0.2) is 0 Å². The molecule has 0 aliphatic carbocycles. The van der Waals surface area contributed by atoms with Crippen LogP contribution in [0.25, 0.3) is 0 Å². The molecule has 0 radical (unpaired) electrons. The second kappa shape index (κ2) is 7.71. The van der Waals surface area contributed by atoms with Crippen LogP contribution in [0.4, 0.5) is 0 Å². The Balaban J connectivity index is 1.78. The molecule has 2 rings (SSSR count). The fourth-order valence-corrected chi connectivity index (χ4v) is 4.78.